The number of benzene rings is 2. The predicted octanol–water partition coefficient (Wildman–Crippen LogP) is 3.76. The van der Waals surface area contributed by atoms with E-state index in [0.29, 0.717) is 17.9 Å². The van der Waals surface area contributed by atoms with Crippen LogP contribution in [0.4, 0.5) is 13.2 Å². The molecule has 0 atom stereocenters. The molecule has 30 heavy (non-hydrogen) atoms. The first-order chi connectivity index (χ1) is 14.3. The van der Waals surface area contributed by atoms with Gasteiger partial charge in [0.2, 0.25) is 0 Å². The van der Waals surface area contributed by atoms with Gasteiger partial charge in [-0.1, -0.05) is 31.5 Å². The van der Waals surface area contributed by atoms with Crippen molar-refractivity contribution in [1.82, 2.24) is 10.7 Å². The van der Waals surface area contributed by atoms with E-state index in [0.717, 1.165) is 25.1 Å². The molecule has 0 unspecified atom stereocenters. The number of carbonyl (C=O) groups is 2. The lowest BCUT2D eigenvalue weighted by Gasteiger charge is -2.09. The highest BCUT2D eigenvalue weighted by Gasteiger charge is 2.32. The number of carbonyl (C=O) groups excluding carboxylic acids is 2. The number of amides is 2. The molecule has 0 radical (unpaired) electrons. The second kappa shape index (κ2) is 11.0. The van der Waals surface area contributed by atoms with Gasteiger partial charge in [-0.3, -0.25) is 9.59 Å². The van der Waals surface area contributed by atoms with Crippen LogP contribution >= 0.6 is 0 Å². The Labute approximate surface area is 172 Å². The van der Waals surface area contributed by atoms with E-state index in [-0.39, 0.29) is 12.1 Å². The van der Waals surface area contributed by atoms with Crippen LogP contribution in [-0.4, -0.2) is 31.2 Å². The van der Waals surface area contributed by atoms with Gasteiger partial charge in [0.25, 0.3) is 11.8 Å². The summed E-state index contributed by atoms with van der Waals surface area (Å²) in [5.41, 5.74) is 1.38. The maximum Gasteiger partial charge on any atom is 0.417 e. The molecule has 2 amide bonds. The summed E-state index contributed by atoms with van der Waals surface area (Å²) >= 11 is 0. The van der Waals surface area contributed by atoms with E-state index in [1.165, 1.54) is 18.2 Å². The van der Waals surface area contributed by atoms with Gasteiger partial charge in [0.1, 0.15) is 5.75 Å². The molecular weight excluding hydrogens is 399 g/mol. The minimum atomic E-state index is -4.53. The van der Waals surface area contributed by atoms with Crippen LogP contribution < -0.4 is 15.5 Å². The van der Waals surface area contributed by atoms with Crippen LogP contribution in [0.15, 0.2) is 53.6 Å². The third-order valence-corrected chi connectivity index (χ3v) is 3.95. The minimum absolute atomic E-state index is 0.185. The first-order valence-electron chi connectivity index (χ1n) is 9.30. The number of nitrogens with one attached hydrogen (secondary N) is 2. The van der Waals surface area contributed by atoms with E-state index >= 15 is 0 Å². The van der Waals surface area contributed by atoms with E-state index < -0.39 is 23.6 Å². The van der Waals surface area contributed by atoms with Crippen LogP contribution in [-0.2, 0) is 11.0 Å². The summed E-state index contributed by atoms with van der Waals surface area (Å²) in [7, 11) is 0. The molecular formula is C21H22F3N3O3. The molecule has 6 nitrogen and oxygen atoms in total. The van der Waals surface area contributed by atoms with E-state index in [1.807, 2.05) is 0 Å². The van der Waals surface area contributed by atoms with Crippen LogP contribution in [0.25, 0.3) is 0 Å². The maximum absolute atomic E-state index is 12.9. The van der Waals surface area contributed by atoms with Crippen molar-refractivity contribution in [2.24, 2.45) is 5.10 Å². The van der Waals surface area contributed by atoms with Crippen molar-refractivity contribution < 1.29 is 27.5 Å². The van der Waals surface area contributed by atoms with Gasteiger partial charge in [0.05, 0.1) is 24.9 Å². The monoisotopic (exact) mass is 421 g/mol. The normalized spacial score (nSPS) is 11.3. The fraction of sp³-hybridized carbons (Fsp3) is 0.286. The molecule has 0 aliphatic heterocycles. The van der Waals surface area contributed by atoms with Crippen LogP contribution in [0.1, 0.15) is 41.3 Å². The van der Waals surface area contributed by atoms with Crippen LogP contribution in [0.3, 0.4) is 0 Å². The van der Waals surface area contributed by atoms with Crippen molar-refractivity contribution in [2.45, 2.75) is 25.9 Å². The smallest absolute Gasteiger partial charge is 0.417 e. The zero-order valence-electron chi connectivity index (χ0n) is 16.3. The highest BCUT2D eigenvalue weighted by molar-refractivity contribution is 5.96. The molecule has 9 heteroatoms. The summed E-state index contributed by atoms with van der Waals surface area (Å²) in [6.45, 7) is 2.27. The number of halogens is 3. The van der Waals surface area contributed by atoms with Gasteiger partial charge >= 0.3 is 6.18 Å². The third-order valence-electron chi connectivity index (χ3n) is 3.95. The van der Waals surface area contributed by atoms with Crippen LogP contribution in [0.2, 0.25) is 0 Å². The first-order valence-corrected chi connectivity index (χ1v) is 9.30. The van der Waals surface area contributed by atoms with Gasteiger partial charge in [0.15, 0.2) is 0 Å². The topological polar surface area (TPSA) is 79.8 Å². The van der Waals surface area contributed by atoms with Crippen LogP contribution in [0.5, 0.6) is 5.75 Å². The zero-order valence-corrected chi connectivity index (χ0v) is 16.3. The SMILES string of the molecule is CCCCOc1ccc(C(=O)NCC(=O)NN=Cc2ccccc2C(F)(F)F)cc1. The first kappa shape index (κ1) is 22.9. The molecule has 0 spiro atoms. The van der Waals surface area contributed by atoms with E-state index in [1.54, 1.807) is 24.3 Å². The Kier molecular flexibility index (Phi) is 8.40. The quantitative estimate of drug-likeness (QED) is 0.368. The standard InChI is InChI=1S/C21H22F3N3O3/c1-2-3-12-30-17-10-8-15(9-11-17)20(29)25-14-19(28)27-26-13-16-6-4-5-7-18(16)21(22,23)24/h4-11,13H,2-3,12,14H2,1H3,(H,25,29)(H,27,28). The predicted molar refractivity (Wildman–Crippen MR) is 106 cm³/mol. The average molecular weight is 421 g/mol. The number of hydrazone groups is 1. The van der Waals surface area contributed by atoms with Crippen molar-refractivity contribution in [3.8, 4) is 5.75 Å². The van der Waals surface area contributed by atoms with Crippen LogP contribution in [0, 0.1) is 0 Å². The summed E-state index contributed by atoms with van der Waals surface area (Å²) in [5, 5.41) is 5.93. The van der Waals surface area contributed by atoms with Gasteiger partial charge in [0, 0.05) is 11.1 Å². The molecule has 0 bridgehead atoms. The number of alkyl halides is 3. The fourth-order valence-electron chi connectivity index (χ4n) is 2.38. The number of rotatable bonds is 9. The second-order valence-corrected chi connectivity index (χ2v) is 6.29. The Bertz CT molecular complexity index is 881. The van der Waals surface area contributed by atoms with E-state index in [2.05, 4.69) is 22.8 Å². The lowest BCUT2D eigenvalue weighted by atomic mass is 10.1. The molecule has 2 N–H and O–H groups in total. The lowest BCUT2D eigenvalue weighted by Crippen LogP contribution is -2.34. The molecule has 2 aromatic carbocycles. The largest absolute Gasteiger partial charge is 0.494 e. The third kappa shape index (κ3) is 7.23. The Balaban J connectivity index is 1.82. The lowest BCUT2D eigenvalue weighted by molar-refractivity contribution is -0.137. The number of hydrogen-bond donors (Lipinski definition) is 2. The highest BCUT2D eigenvalue weighted by atomic mass is 19.4. The van der Waals surface area contributed by atoms with Gasteiger partial charge in [-0.25, -0.2) is 5.43 Å². The molecule has 0 fully saturated rings. The maximum atomic E-state index is 12.9. The number of unbranched alkanes of at least 4 members (excludes halogenated alkanes) is 1. The van der Waals surface area contributed by atoms with Crippen molar-refractivity contribution >= 4 is 18.0 Å². The summed E-state index contributed by atoms with van der Waals surface area (Å²) in [4.78, 5) is 23.8. The van der Waals surface area contributed by atoms with Gasteiger partial charge < -0.3 is 10.1 Å². The van der Waals surface area contributed by atoms with Crippen molar-refractivity contribution in [2.75, 3.05) is 13.2 Å². The van der Waals surface area contributed by atoms with Crippen molar-refractivity contribution in [3.63, 3.8) is 0 Å². The van der Waals surface area contributed by atoms with Gasteiger partial charge in [-0.05, 0) is 36.8 Å². The fourth-order valence-corrected chi connectivity index (χ4v) is 2.38. The van der Waals surface area contributed by atoms with E-state index in [4.69, 9.17) is 4.74 Å². The summed E-state index contributed by atoms with van der Waals surface area (Å²) < 4.78 is 44.2. The van der Waals surface area contributed by atoms with Crippen molar-refractivity contribution in [3.05, 3.63) is 65.2 Å². The number of nitrogens with zero attached hydrogens (tertiary/aromatic N) is 1. The Hall–Kier alpha value is -3.36. The van der Waals surface area contributed by atoms with Gasteiger partial charge in [-0.2, -0.15) is 18.3 Å². The summed E-state index contributed by atoms with van der Waals surface area (Å²) in [6, 6.07) is 11.3. The Morgan fingerprint density at radius 1 is 1.10 bits per heavy atom. The molecule has 0 saturated carbocycles. The highest BCUT2D eigenvalue weighted by Crippen LogP contribution is 2.31. The Morgan fingerprint density at radius 3 is 2.47 bits per heavy atom. The molecule has 2 rings (SSSR count). The molecule has 0 heterocycles. The summed E-state index contributed by atoms with van der Waals surface area (Å²) in [5.74, 6) is -0.508. The second-order valence-electron chi connectivity index (χ2n) is 6.29. The molecule has 0 aliphatic rings. The number of hydrogen-bond acceptors (Lipinski definition) is 4. The average Bonchev–Trinajstić information content (AvgIpc) is 2.72. The zero-order chi connectivity index (χ0) is 22.0. The van der Waals surface area contributed by atoms with Crippen molar-refractivity contribution in [1.29, 1.82) is 0 Å². The number of ether oxygens (including phenoxy) is 1. The molecule has 0 aliphatic carbocycles. The molecule has 0 saturated heterocycles. The molecule has 0 aromatic heterocycles. The van der Waals surface area contributed by atoms with E-state index in [9.17, 15) is 22.8 Å². The molecule has 2 aromatic rings. The minimum Gasteiger partial charge on any atom is -0.494 e. The van der Waals surface area contributed by atoms with Gasteiger partial charge in [-0.15, -0.1) is 0 Å². The summed E-state index contributed by atoms with van der Waals surface area (Å²) in [6.07, 6.45) is -1.68. The molecule has 160 valence electrons. The Morgan fingerprint density at radius 2 is 1.80 bits per heavy atom.